The molecule has 0 spiro atoms. The van der Waals surface area contributed by atoms with Crippen LogP contribution in [0.15, 0.2) is 36.9 Å². The van der Waals surface area contributed by atoms with Gasteiger partial charge >= 0.3 is 5.97 Å². The highest BCUT2D eigenvalue weighted by atomic mass is 16.5. The number of ether oxygens (including phenoxy) is 1. The molecule has 1 aliphatic heterocycles. The Morgan fingerprint density at radius 3 is 2.57 bits per heavy atom. The highest BCUT2D eigenvalue weighted by Crippen LogP contribution is 2.35. The number of hydrogen-bond acceptors (Lipinski definition) is 3. The van der Waals surface area contributed by atoms with Crippen LogP contribution in [0.1, 0.15) is 91.2 Å². The topological polar surface area (TPSA) is 48.3 Å². The van der Waals surface area contributed by atoms with Crippen LogP contribution < -0.4 is 0 Å². The second-order valence-corrected chi connectivity index (χ2v) is 8.07. The minimum absolute atomic E-state index is 0.0221. The Bertz CT molecular complexity index is 892. The van der Waals surface area contributed by atoms with Crippen molar-refractivity contribution >= 4 is 17.8 Å². The van der Waals surface area contributed by atoms with Crippen molar-refractivity contribution in [1.29, 1.82) is 0 Å². The van der Waals surface area contributed by atoms with E-state index in [0.29, 0.717) is 25.1 Å². The van der Waals surface area contributed by atoms with Gasteiger partial charge in [0.1, 0.15) is 0 Å². The van der Waals surface area contributed by atoms with Crippen molar-refractivity contribution in [3.63, 3.8) is 0 Å². The summed E-state index contributed by atoms with van der Waals surface area (Å²) in [5, 5.41) is 0. The number of ketones is 1. The average molecular weight is 408 g/mol. The summed E-state index contributed by atoms with van der Waals surface area (Å²) in [5.74, 6) is -0.398. The second-order valence-electron chi connectivity index (χ2n) is 8.07. The maximum Gasteiger partial charge on any atom is 0.315 e. The van der Waals surface area contributed by atoms with Crippen LogP contribution in [0.5, 0.6) is 0 Å². The van der Waals surface area contributed by atoms with Crippen LogP contribution in [-0.2, 0) is 22.5 Å². The first-order valence-corrected chi connectivity index (χ1v) is 11.3. The lowest BCUT2D eigenvalue weighted by atomic mass is 9.99. The molecule has 2 aromatic rings. The summed E-state index contributed by atoms with van der Waals surface area (Å²) < 4.78 is 7.62. The van der Waals surface area contributed by atoms with Gasteiger partial charge in [0, 0.05) is 17.8 Å². The number of esters is 1. The molecule has 2 heterocycles. The van der Waals surface area contributed by atoms with Crippen LogP contribution in [0.2, 0.25) is 0 Å². The van der Waals surface area contributed by atoms with Crippen LogP contribution >= 0.6 is 0 Å². The van der Waals surface area contributed by atoms with E-state index in [1.165, 1.54) is 6.42 Å². The first-order chi connectivity index (χ1) is 14.6. The number of carbonyl (C=O) groups excluding carboxylic acids is 2. The van der Waals surface area contributed by atoms with Crippen molar-refractivity contribution in [3.8, 4) is 0 Å². The number of aryl methyl sites for hydroxylation is 1. The van der Waals surface area contributed by atoms with Gasteiger partial charge in [-0.1, -0.05) is 76.5 Å². The highest BCUT2D eigenvalue weighted by Gasteiger charge is 2.35. The third kappa shape index (κ3) is 4.75. The fourth-order valence-electron chi connectivity index (χ4n) is 4.24. The van der Waals surface area contributed by atoms with E-state index in [9.17, 15) is 9.59 Å². The third-order valence-corrected chi connectivity index (χ3v) is 5.88. The summed E-state index contributed by atoms with van der Waals surface area (Å²) in [4.78, 5) is 26.0. The zero-order chi connectivity index (χ0) is 21.5. The first kappa shape index (κ1) is 22.1. The van der Waals surface area contributed by atoms with Crippen LogP contribution in [0, 0.1) is 0 Å². The molecule has 1 atom stereocenters. The van der Waals surface area contributed by atoms with E-state index < -0.39 is 0 Å². The lowest BCUT2D eigenvalue weighted by Crippen LogP contribution is -2.14. The monoisotopic (exact) mass is 407 g/mol. The molecule has 4 nitrogen and oxygen atoms in total. The largest absolute Gasteiger partial charge is 0.465 e. The highest BCUT2D eigenvalue weighted by molar-refractivity contribution is 6.09. The fourth-order valence-corrected chi connectivity index (χ4v) is 4.24. The molecule has 30 heavy (non-hydrogen) atoms. The first-order valence-electron chi connectivity index (χ1n) is 11.3. The van der Waals surface area contributed by atoms with Gasteiger partial charge in [-0.25, -0.2) is 0 Å². The average Bonchev–Trinajstić information content (AvgIpc) is 3.32. The van der Waals surface area contributed by atoms with E-state index in [-0.39, 0.29) is 17.7 Å². The molecule has 0 saturated heterocycles. The van der Waals surface area contributed by atoms with Gasteiger partial charge in [0.15, 0.2) is 0 Å². The Balaban J connectivity index is 1.81. The Kier molecular flexibility index (Phi) is 7.67. The standard InChI is InChI=1S/C26H33NO3/c1-4-7-8-9-17-30-26(29)22-15-16-27-23(22)18-21(10-5-2)24(27)25(28)20-13-11-19(6-3)12-14-20/h6,11-14,18,22H,3-5,7-10,15-17H2,1-2H3. The van der Waals surface area contributed by atoms with Crippen molar-refractivity contribution in [2.24, 2.45) is 0 Å². The fraction of sp³-hybridized carbons (Fsp3) is 0.462. The van der Waals surface area contributed by atoms with Crippen molar-refractivity contribution in [1.82, 2.24) is 4.57 Å². The number of rotatable bonds is 11. The number of hydrogen-bond donors (Lipinski definition) is 0. The van der Waals surface area contributed by atoms with Crippen molar-refractivity contribution in [2.45, 2.75) is 71.3 Å². The van der Waals surface area contributed by atoms with E-state index in [4.69, 9.17) is 4.74 Å². The Morgan fingerprint density at radius 2 is 1.90 bits per heavy atom. The van der Waals surface area contributed by atoms with Crippen molar-refractivity contribution < 1.29 is 14.3 Å². The molecule has 0 fully saturated rings. The molecule has 1 unspecified atom stereocenters. The summed E-state index contributed by atoms with van der Waals surface area (Å²) >= 11 is 0. The van der Waals surface area contributed by atoms with Crippen LogP contribution in [0.3, 0.4) is 0 Å². The molecule has 1 aromatic heterocycles. The molecule has 0 radical (unpaired) electrons. The Morgan fingerprint density at radius 1 is 1.13 bits per heavy atom. The number of carbonyl (C=O) groups is 2. The van der Waals surface area contributed by atoms with E-state index in [1.807, 2.05) is 24.3 Å². The van der Waals surface area contributed by atoms with Crippen LogP contribution in [0.25, 0.3) is 6.08 Å². The number of benzene rings is 1. The predicted octanol–water partition coefficient (Wildman–Crippen LogP) is 5.93. The number of aromatic nitrogens is 1. The molecule has 1 aromatic carbocycles. The number of nitrogens with zero attached hydrogens (tertiary/aromatic N) is 1. The number of unbranched alkanes of at least 4 members (excludes halogenated alkanes) is 3. The van der Waals surface area contributed by atoms with Crippen molar-refractivity contribution in [2.75, 3.05) is 6.61 Å². The molecule has 4 heteroatoms. The Labute approximate surface area is 179 Å². The number of fused-ring (bicyclic) bond motifs is 1. The van der Waals surface area contributed by atoms with Gasteiger partial charge in [-0.15, -0.1) is 0 Å². The van der Waals surface area contributed by atoms with Gasteiger partial charge in [0.05, 0.1) is 18.2 Å². The molecule has 160 valence electrons. The lowest BCUT2D eigenvalue weighted by Gasteiger charge is -2.10. The minimum atomic E-state index is -0.267. The molecule has 0 N–H and O–H groups in total. The zero-order valence-corrected chi connectivity index (χ0v) is 18.3. The molecule has 0 saturated carbocycles. The van der Waals surface area contributed by atoms with Gasteiger partial charge in [0.25, 0.3) is 0 Å². The molecule has 0 aliphatic carbocycles. The smallest absolute Gasteiger partial charge is 0.315 e. The molecule has 0 amide bonds. The maximum absolute atomic E-state index is 13.3. The Hall–Kier alpha value is -2.62. The summed E-state index contributed by atoms with van der Waals surface area (Å²) in [6.07, 6.45) is 8.58. The zero-order valence-electron chi connectivity index (χ0n) is 18.3. The van der Waals surface area contributed by atoms with Gasteiger partial charge in [-0.2, -0.15) is 0 Å². The molecular formula is C26H33NO3. The maximum atomic E-state index is 13.3. The summed E-state index contributed by atoms with van der Waals surface area (Å²) in [5.41, 5.74) is 4.36. The quantitative estimate of drug-likeness (QED) is 0.264. The summed E-state index contributed by atoms with van der Waals surface area (Å²) in [6, 6.07) is 9.58. The van der Waals surface area contributed by atoms with E-state index in [0.717, 1.165) is 54.6 Å². The minimum Gasteiger partial charge on any atom is -0.465 e. The van der Waals surface area contributed by atoms with Gasteiger partial charge in [-0.3, -0.25) is 9.59 Å². The van der Waals surface area contributed by atoms with E-state index in [2.05, 4.69) is 31.1 Å². The van der Waals surface area contributed by atoms with Crippen LogP contribution in [0.4, 0.5) is 0 Å². The normalized spacial score (nSPS) is 15.1. The summed E-state index contributed by atoms with van der Waals surface area (Å²) in [7, 11) is 0. The van der Waals surface area contributed by atoms with Gasteiger partial charge < -0.3 is 9.30 Å². The van der Waals surface area contributed by atoms with Crippen molar-refractivity contribution in [3.05, 3.63) is 65.0 Å². The van der Waals surface area contributed by atoms with E-state index >= 15 is 0 Å². The third-order valence-electron chi connectivity index (χ3n) is 5.88. The predicted molar refractivity (Wildman–Crippen MR) is 121 cm³/mol. The second kappa shape index (κ2) is 10.4. The summed E-state index contributed by atoms with van der Waals surface area (Å²) in [6.45, 7) is 9.21. The van der Waals surface area contributed by atoms with E-state index in [1.54, 1.807) is 6.08 Å². The molecular weight excluding hydrogens is 374 g/mol. The molecule has 0 bridgehead atoms. The lowest BCUT2D eigenvalue weighted by molar-refractivity contribution is -0.145. The van der Waals surface area contributed by atoms with Crippen LogP contribution in [-0.4, -0.2) is 22.9 Å². The molecule has 1 aliphatic rings. The van der Waals surface area contributed by atoms with Gasteiger partial charge in [-0.05, 0) is 36.5 Å². The van der Waals surface area contributed by atoms with Gasteiger partial charge in [0.2, 0.25) is 5.78 Å². The SMILES string of the molecule is C=Cc1ccc(C(=O)c2c(CCC)cc3n2CCC3C(=O)OCCCCCC)cc1. The molecule has 3 rings (SSSR count).